The molecule has 0 unspecified atom stereocenters. The van der Waals surface area contributed by atoms with Crippen LogP contribution in [-0.4, -0.2) is 40.7 Å². The number of aromatic nitrogens is 2. The van der Waals surface area contributed by atoms with E-state index in [4.69, 9.17) is 4.52 Å². The highest BCUT2D eigenvalue weighted by molar-refractivity contribution is 9.10. The third-order valence-electron chi connectivity index (χ3n) is 3.74. The van der Waals surface area contributed by atoms with Crippen molar-refractivity contribution in [1.82, 2.24) is 20.4 Å². The van der Waals surface area contributed by atoms with Crippen LogP contribution in [0.2, 0.25) is 0 Å². The molecule has 1 atom stereocenters. The van der Waals surface area contributed by atoms with Gasteiger partial charge in [-0.3, -0.25) is 4.90 Å². The topological polar surface area (TPSA) is 54.2 Å². The van der Waals surface area contributed by atoms with Crippen LogP contribution in [0.5, 0.6) is 0 Å². The van der Waals surface area contributed by atoms with Gasteiger partial charge < -0.3 is 9.84 Å². The molecule has 1 aliphatic heterocycles. The highest BCUT2D eigenvalue weighted by Gasteiger charge is 2.20. The molecule has 1 N–H and O–H groups in total. The maximum absolute atomic E-state index is 5.38. The molecule has 1 fully saturated rings. The molecule has 3 rings (SSSR count). The van der Waals surface area contributed by atoms with Crippen molar-refractivity contribution in [2.45, 2.75) is 25.9 Å². The number of nitrogens with zero attached hydrogens (tertiary/aromatic N) is 3. The smallest absolute Gasteiger partial charge is 0.240 e. The third-order valence-corrected chi connectivity index (χ3v) is 4.23. The SMILES string of the molecule is C[C@H]1CNCCN1Cc1nc(Cc2cccc(Br)c2)no1. The molecular formula is C15H19BrN4O. The summed E-state index contributed by atoms with van der Waals surface area (Å²) in [6, 6.07) is 8.67. The van der Waals surface area contributed by atoms with E-state index in [0.29, 0.717) is 18.4 Å². The first-order chi connectivity index (χ1) is 10.2. The second kappa shape index (κ2) is 6.68. The Morgan fingerprint density at radius 1 is 1.48 bits per heavy atom. The molecule has 6 heteroatoms. The average Bonchev–Trinajstić information content (AvgIpc) is 2.89. The van der Waals surface area contributed by atoms with Gasteiger partial charge in [0.25, 0.3) is 0 Å². The van der Waals surface area contributed by atoms with E-state index in [0.717, 1.165) is 36.5 Å². The van der Waals surface area contributed by atoms with Crippen molar-refractivity contribution in [1.29, 1.82) is 0 Å². The van der Waals surface area contributed by atoms with Crippen molar-refractivity contribution in [3.8, 4) is 0 Å². The van der Waals surface area contributed by atoms with E-state index < -0.39 is 0 Å². The number of piperazine rings is 1. The van der Waals surface area contributed by atoms with Gasteiger partial charge >= 0.3 is 0 Å². The lowest BCUT2D eigenvalue weighted by Crippen LogP contribution is -2.49. The summed E-state index contributed by atoms with van der Waals surface area (Å²) in [5.41, 5.74) is 1.17. The minimum atomic E-state index is 0.499. The van der Waals surface area contributed by atoms with E-state index in [1.54, 1.807) is 0 Å². The van der Waals surface area contributed by atoms with Gasteiger partial charge in [-0.05, 0) is 24.6 Å². The first kappa shape index (κ1) is 14.7. The molecule has 1 aromatic heterocycles. The van der Waals surface area contributed by atoms with E-state index in [1.165, 1.54) is 5.56 Å². The Morgan fingerprint density at radius 2 is 2.38 bits per heavy atom. The highest BCUT2D eigenvalue weighted by Crippen LogP contribution is 2.15. The van der Waals surface area contributed by atoms with Gasteiger partial charge in [0, 0.05) is 36.6 Å². The summed E-state index contributed by atoms with van der Waals surface area (Å²) in [5, 5.41) is 7.47. The Kier molecular flexibility index (Phi) is 4.67. The van der Waals surface area contributed by atoms with Crippen molar-refractivity contribution in [2.24, 2.45) is 0 Å². The quantitative estimate of drug-likeness (QED) is 0.916. The van der Waals surface area contributed by atoms with Gasteiger partial charge in [-0.2, -0.15) is 4.98 Å². The number of hydrogen-bond donors (Lipinski definition) is 1. The summed E-state index contributed by atoms with van der Waals surface area (Å²) in [4.78, 5) is 6.88. The van der Waals surface area contributed by atoms with Crippen LogP contribution in [0, 0.1) is 0 Å². The lowest BCUT2D eigenvalue weighted by molar-refractivity contribution is 0.146. The van der Waals surface area contributed by atoms with Crippen molar-refractivity contribution >= 4 is 15.9 Å². The summed E-state index contributed by atoms with van der Waals surface area (Å²) in [6.45, 7) is 5.99. The van der Waals surface area contributed by atoms with E-state index in [-0.39, 0.29) is 0 Å². The Bertz CT molecular complexity index is 601. The second-order valence-corrected chi connectivity index (χ2v) is 6.35. The van der Waals surface area contributed by atoms with Gasteiger partial charge in [0.1, 0.15) is 0 Å². The largest absolute Gasteiger partial charge is 0.338 e. The number of halogens is 1. The Balaban J connectivity index is 1.63. The molecular weight excluding hydrogens is 332 g/mol. The molecule has 0 radical (unpaired) electrons. The van der Waals surface area contributed by atoms with Crippen LogP contribution >= 0.6 is 15.9 Å². The van der Waals surface area contributed by atoms with Gasteiger partial charge in [0.05, 0.1) is 6.54 Å². The zero-order valence-corrected chi connectivity index (χ0v) is 13.6. The molecule has 0 saturated carbocycles. The van der Waals surface area contributed by atoms with Crippen LogP contribution in [0.25, 0.3) is 0 Å². The van der Waals surface area contributed by atoms with E-state index in [1.807, 2.05) is 12.1 Å². The fourth-order valence-electron chi connectivity index (χ4n) is 2.55. The normalized spacial score (nSPS) is 19.8. The molecule has 2 heterocycles. The van der Waals surface area contributed by atoms with Crippen molar-refractivity contribution in [2.75, 3.05) is 19.6 Å². The molecule has 1 aromatic carbocycles. The summed E-state index contributed by atoms with van der Waals surface area (Å²) >= 11 is 3.48. The molecule has 1 aliphatic rings. The summed E-state index contributed by atoms with van der Waals surface area (Å²) in [5.74, 6) is 1.44. The van der Waals surface area contributed by atoms with E-state index in [2.05, 4.69) is 55.3 Å². The predicted octanol–water partition coefficient (Wildman–Crippen LogP) is 2.22. The molecule has 0 spiro atoms. The minimum Gasteiger partial charge on any atom is -0.338 e. The lowest BCUT2D eigenvalue weighted by atomic mass is 10.1. The van der Waals surface area contributed by atoms with Crippen LogP contribution in [-0.2, 0) is 13.0 Å². The summed E-state index contributed by atoms with van der Waals surface area (Å²) < 4.78 is 6.45. The van der Waals surface area contributed by atoms with Crippen LogP contribution in [0.1, 0.15) is 24.2 Å². The maximum Gasteiger partial charge on any atom is 0.240 e. The van der Waals surface area contributed by atoms with Gasteiger partial charge in [0.2, 0.25) is 5.89 Å². The number of benzene rings is 1. The van der Waals surface area contributed by atoms with Crippen LogP contribution in [0.15, 0.2) is 33.3 Å². The number of hydrogen-bond acceptors (Lipinski definition) is 5. The first-order valence-electron chi connectivity index (χ1n) is 7.21. The minimum absolute atomic E-state index is 0.499. The zero-order chi connectivity index (χ0) is 14.7. The summed E-state index contributed by atoms with van der Waals surface area (Å²) in [6.07, 6.45) is 0.694. The third kappa shape index (κ3) is 3.90. The number of nitrogens with one attached hydrogen (secondary N) is 1. The monoisotopic (exact) mass is 350 g/mol. The molecule has 1 saturated heterocycles. The first-order valence-corrected chi connectivity index (χ1v) is 8.00. The Labute approximate surface area is 132 Å². The Morgan fingerprint density at radius 3 is 3.19 bits per heavy atom. The molecule has 21 heavy (non-hydrogen) atoms. The second-order valence-electron chi connectivity index (χ2n) is 5.43. The van der Waals surface area contributed by atoms with Gasteiger partial charge in [-0.1, -0.05) is 33.2 Å². The number of rotatable bonds is 4. The molecule has 5 nitrogen and oxygen atoms in total. The standard InChI is InChI=1S/C15H19BrN4O/c1-11-9-17-5-6-20(11)10-15-18-14(19-21-15)8-12-3-2-4-13(16)7-12/h2-4,7,11,17H,5-6,8-10H2,1H3/t11-/m0/s1. The van der Waals surface area contributed by atoms with Crippen LogP contribution in [0.3, 0.4) is 0 Å². The molecule has 0 bridgehead atoms. The molecule has 0 amide bonds. The average molecular weight is 351 g/mol. The molecule has 112 valence electrons. The van der Waals surface area contributed by atoms with Crippen molar-refractivity contribution in [3.63, 3.8) is 0 Å². The fourth-order valence-corrected chi connectivity index (χ4v) is 2.99. The van der Waals surface area contributed by atoms with Crippen molar-refractivity contribution in [3.05, 3.63) is 46.0 Å². The molecule has 0 aliphatic carbocycles. The van der Waals surface area contributed by atoms with Crippen LogP contribution < -0.4 is 5.32 Å². The van der Waals surface area contributed by atoms with E-state index in [9.17, 15) is 0 Å². The lowest BCUT2D eigenvalue weighted by Gasteiger charge is -2.32. The van der Waals surface area contributed by atoms with Gasteiger partial charge in [-0.25, -0.2) is 0 Å². The summed E-state index contributed by atoms with van der Waals surface area (Å²) in [7, 11) is 0. The zero-order valence-electron chi connectivity index (χ0n) is 12.1. The van der Waals surface area contributed by atoms with Crippen LogP contribution in [0.4, 0.5) is 0 Å². The highest BCUT2D eigenvalue weighted by atomic mass is 79.9. The van der Waals surface area contributed by atoms with Crippen molar-refractivity contribution < 1.29 is 4.52 Å². The molecule has 2 aromatic rings. The predicted molar refractivity (Wildman–Crippen MR) is 84.0 cm³/mol. The van der Waals surface area contributed by atoms with Gasteiger partial charge in [0.15, 0.2) is 5.82 Å². The Hall–Kier alpha value is -1.24. The van der Waals surface area contributed by atoms with Gasteiger partial charge in [-0.15, -0.1) is 0 Å². The maximum atomic E-state index is 5.38. The fraction of sp³-hybridized carbons (Fsp3) is 0.467. The van der Waals surface area contributed by atoms with E-state index >= 15 is 0 Å².